The van der Waals surface area contributed by atoms with E-state index in [0.717, 1.165) is 95.8 Å². The number of esters is 4. The van der Waals surface area contributed by atoms with Gasteiger partial charge in [0.15, 0.2) is 12.2 Å². The van der Waals surface area contributed by atoms with Crippen molar-refractivity contribution >= 4 is 39.5 Å². The van der Waals surface area contributed by atoms with Crippen LogP contribution in [0.1, 0.15) is 484 Å². The molecule has 0 aromatic heterocycles. The van der Waals surface area contributed by atoms with Crippen molar-refractivity contribution in [3.05, 3.63) is 0 Å². The van der Waals surface area contributed by atoms with Crippen LogP contribution in [0.2, 0.25) is 0 Å². The molecule has 0 amide bonds. The Balaban J connectivity index is 5.17. The van der Waals surface area contributed by atoms with E-state index in [-0.39, 0.29) is 25.7 Å². The fraction of sp³-hybridized carbons (Fsp3) is 0.955. The molecule has 0 saturated carbocycles. The van der Waals surface area contributed by atoms with Gasteiger partial charge in [-0.2, -0.15) is 0 Å². The number of aliphatic hydroxyl groups excluding tert-OH is 1. The van der Waals surface area contributed by atoms with Crippen molar-refractivity contribution in [1.29, 1.82) is 0 Å². The van der Waals surface area contributed by atoms with Crippen LogP contribution in [0.15, 0.2) is 0 Å². The molecule has 0 aliphatic heterocycles. The molecule has 19 heteroatoms. The zero-order valence-electron chi connectivity index (χ0n) is 71.0. The van der Waals surface area contributed by atoms with Crippen molar-refractivity contribution in [2.24, 2.45) is 5.92 Å². The Kier molecular flexibility index (Phi) is 80.2. The Morgan fingerprint density at radius 1 is 0.259 bits per heavy atom. The lowest BCUT2D eigenvalue weighted by atomic mass is 9.99. The lowest BCUT2D eigenvalue weighted by molar-refractivity contribution is -0.161. The molecular formula is C89H174O17P2. The third-order valence-corrected chi connectivity index (χ3v) is 23.3. The van der Waals surface area contributed by atoms with Crippen molar-refractivity contribution in [3.8, 4) is 0 Å². The molecule has 0 bridgehead atoms. The zero-order valence-corrected chi connectivity index (χ0v) is 72.8. The standard InChI is InChI=1S/C89H174O17P2/c1-6-10-13-16-19-22-24-26-28-30-32-37-41-45-49-53-58-63-68-73-87(92)100-79-85(106-89(94)75-70-65-60-55-51-47-43-39-35-34-36-40-44-48-52-56-61-66-71-82(5)9-4)81-104-108(97,98)102-77-83(90)76-101-107(95,96)103-80-84(78-99-86(91)72-67-62-57-21-18-15-12-8-3)105-88(93)74-69-64-59-54-50-46-42-38-33-31-29-27-25-23-20-17-14-11-7-2/h82-85,90H,6-81H2,1-5H3,(H,95,96)(H,97,98)/t82?,83-,84+,85+/m0/s1. The molecule has 3 unspecified atom stereocenters. The average molecular weight is 1580 g/mol. The van der Waals surface area contributed by atoms with Gasteiger partial charge in [-0.15, -0.1) is 0 Å². The third-order valence-electron chi connectivity index (χ3n) is 21.4. The molecule has 642 valence electrons. The van der Waals surface area contributed by atoms with Crippen molar-refractivity contribution in [1.82, 2.24) is 0 Å². The predicted molar refractivity (Wildman–Crippen MR) is 446 cm³/mol. The number of carbonyl (C=O) groups excluding carboxylic acids is 4. The molecule has 0 aromatic rings. The fourth-order valence-corrected chi connectivity index (χ4v) is 15.5. The molecule has 108 heavy (non-hydrogen) atoms. The molecule has 0 heterocycles. The van der Waals surface area contributed by atoms with E-state index >= 15 is 0 Å². The molecule has 0 aliphatic rings. The Morgan fingerprint density at radius 3 is 0.657 bits per heavy atom. The van der Waals surface area contributed by atoms with Crippen LogP contribution in [0.3, 0.4) is 0 Å². The predicted octanol–water partition coefficient (Wildman–Crippen LogP) is 27.5. The minimum absolute atomic E-state index is 0.109. The summed E-state index contributed by atoms with van der Waals surface area (Å²) in [4.78, 5) is 73.2. The van der Waals surface area contributed by atoms with E-state index < -0.39 is 97.5 Å². The van der Waals surface area contributed by atoms with E-state index in [9.17, 15) is 43.2 Å². The maximum Gasteiger partial charge on any atom is 0.472 e. The van der Waals surface area contributed by atoms with Gasteiger partial charge in [0, 0.05) is 25.7 Å². The minimum Gasteiger partial charge on any atom is -0.462 e. The molecule has 0 fully saturated rings. The van der Waals surface area contributed by atoms with E-state index in [4.69, 9.17) is 37.0 Å². The molecule has 3 N–H and O–H groups in total. The zero-order chi connectivity index (χ0) is 79.0. The first-order valence-corrected chi connectivity index (χ1v) is 49.2. The molecule has 0 aliphatic carbocycles. The van der Waals surface area contributed by atoms with E-state index in [1.54, 1.807) is 0 Å². The van der Waals surface area contributed by atoms with Gasteiger partial charge in [0.05, 0.1) is 26.4 Å². The van der Waals surface area contributed by atoms with Gasteiger partial charge < -0.3 is 33.8 Å². The highest BCUT2D eigenvalue weighted by Crippen LogP contribution is 2.45. The number of aliphatic hydroxyl groups is 1. The molecule has 0 aromatic carbocycles. The molecule has 6 atom stereocenters. The number of hydrogen-bond donors (Lipinski definition) is 3. The number of unbranched alkanes of at least 4 members (excludes halogenated alkanes) is 60. The van der Waals surface area contributed by atoms with E-state index in [0.29, 0.717) is 25.7 Å². The summed E-state index contributed by atoms with van der Waals surface area (Å²) in [7, 11) is -9.93. The topological polar surface area (TPSA) is 237 Å². The molecule has 0 rings (SSSR count). The first kappa shape index (κ1) is 106. The highest BCUT2D eigenvalue weighted by Gasteiger charge is 2.31. The van der Waals surface area contributed by atoms with Crippen LogP contribution in [0, 0.1) is 5.92 Å². The average Bonchev–Trinajstić information content (AvgIpc) is 0.899. The Morgan fingerprint density at radius 2 is 0.444 bits per heavy atom. The lowest BCUT2D eigenvalue weighted by Crippen LogP contribution is -2.30. The summed E-state index contributed by atoms with van der Waals surface area (Å²) in [5.74, 6) is -1.23. The van der Waals surface area contributed by atoms with Crippen molar-refractivity contribution in [2.45, 2.75) is 502 Å². The first-order valence-electron chi connectivity index (χ1n) is 46.2. The minimum atomic E-state index is -4.97. The summed E-state index contributed by atoms with van der Waals surface area (Å²) < 4.78 is 68.9. The van der Waals surface area contributed by atoms with Gasteiger partial charge in [0.25, 0.3) is 0 Å². The van der Waals surface area contributed by atoms with Gasteiger partial charge in [-0.1, -0.05) is 433 Å². The summed E-state index contributed by atoms with van der Waals surface area (Å²) in [5, 5.41) is 10.7. The number of rotatable bonds is 89. The SMILES string of the molecule is CCCCCCCCCCCCCCCCCCCCCC(=O)OC[C@H](COP(=O)(O)OC[C@@H](O)COP(=O)(O)OC[C@@H](COC(=O)CCCCCCCCCC)OC(=O)CCCCCCCCCCCCCCCCCCCCC)OC(=O)CCCCCCCCCCCCCCCCCCCCC(C)CC. The van der Waals surface area contributed by atoms with Gasteiger partial charge in [0.2, 0.25) is 0 Å². The second kappa shape index (κ2) is 81.6. The Bertz CT molecular complexity index is 2050. The van der Waals surface area contributed by atoms with Crippen molar-refractivity contribution in [3.63, 3.8) is 0 Å². The van der Waals surface area contributed by atoms with Gasteiger partial charge in [-0.25, -0.2) is 9.13 Å². The lowest BCUT2D eigenvalue weighted by Gasteiger charge is -2.21. The van der Waals surface area contributed by atoms with Gasteiger partial charge >= 0.3 is 39.5 Å². The van der Waals surface area contributed by atoms with E-state index in [1.807, 2.05) is 0 Å². The molecule has 0 radical (unpaired) electrons. The largest absolute Gasteiger partial charge is 0.472 e. The molecular weight excluding hydrogens is 1400 g/mol. The van der Waals surface area contributed by atoms with Gasteiger partial charge in [-0.05, 0) is 31.6 Å². The summed E-state index contributed by atoms with van der Waals surface area (Å²) in [5.41, 5.74) is 0. The number of ether oxygens (including phenoxy) is 4. The maximum atomic E-state index is 13.2. The fourth-order valence-electron chi connectivity index (χ4n) is 14.0. The number of phosphoric acid groups is 2. The normalized spacial score (nSPS) is 14.0. The van der Waals surface area contributed by atoms with Crippen LogP contribution in [0.5, 0.6) is 0 Å². The smallest absolute Gasteiger partial charge is 0.462 e. The third kappa shape index (κ3) is 80.7. The van der Waals surface area contributed by atoms with Crippen LogP contribution >= 0.6 is 15.6 Å². The molecule has 0 saturated heterocycles. The molecule has 17 nitrogen and oxygen atoms in total. The Hall–Kier alpha value is -1.94. The highest BCUT2D eigenvalue weighted by atomic mass is 31.2. The summed E-state index contributed by atoms with van der Waals surface area (Å²) in [6.45, 7) is 7.42. The van der Waals surface area contributed by atoms with Crippen LogP contribution in [0.25, 0.3) is 0 Å². The monoisotopic (exact) mass is 1580 g/mol. The number of hydrogen-bond acceptors (Lipinski definition) is 15. The van der Waals surface area contributed by atoms with Gasteiger partial charge in [-0.3, -0.25) is 37.3 Å². The van der Waals surface area contributed by atoms with Crippen molar-refractivity contribution in [2.75, 3.05) is 39.6 Å². The maximum absolute atomic E-state index is 13.2. The summed E-state index contributed by atoms with van der Waals surface area (Å²) in [6.07, 6.45) is 76.5. The summed E-state index contributed by atoms with van der Waals surface area (Å²) >= 11 is 0. The quantitative estimate of drug-likeness (QED) is 0.0222. The number of phosphoric ester groups is 2. The van der Waals surface area contributed by atoms with Crippen LogP contribution < -0.4 is 0 Å². The number of carbonyl (C=O) groups is 4. The summed E-state index contributed by atoms with van der Waals surface area (Å²) in [6, 6.07) is 0. The van der Waals surface area contributed by atoms with Crippen LogP contribution in [-0.2, 0) is 65.4 Å². The highest BCUT2D eigenvalue weighted by molar-refractivity contribution is 7.47. The van der Waals surface area contributed by atoms with Crippen LogP contribution in [0.4, 0.5) is 0 Å². The van der Waals surface area contributed by atoms with E-state index in [2.05, 4.69) is 34.6 Å². The van der Waals surface area contributed by atoms with Crippen LogP contribution in [-0.4, -0.2) is 96.7 Å². The first-order chi connectivity index (χ1) is 52.6. The van der Waals surface area contributed by atoms with Crippen molar-refractivity contribution < 1.29 is 80.2 Å². The second-order valence-corrected chi connectivity index (χ2v) is 35.1. The molecule has 0 spiro atoms. The van der Waals surface area contributed by atoms with E-state index in [1.165, 1.54) is 308 Å². The Labute approximate surface area is 664 Å². The van der Waals surface area contributed by atoms with Gasteiger partial charge in [0.1, 0.15) is 19.3 Å². The second-order valence-electron chi connectivity index (χ2n) is 32.2.